The van der Waals surface area contributed by atoms with Crippen molar-refractivity contribution >= 4 is 11.6 Å². The summed E-state index contributed by atoms with van der Waals surface area (Å²) in [7, 11) is 0. The SMILES string of the molecule is CCc1noc(-c2ccccc2NC(=O)c2ccc(C(C)(C)C)cc2)n1. The van der Waals surface area contributed by atoms with Gasteiger partial charge >= 0.3 is 0 Å². The number of rotatable bonds is 4. The van der Waals surface area contributed by atoms with Crippen molar-refractivity contribution in [3.8, 4) is 11.5 Å². The summed E-state index contributed by atoms with van der Waals surface area (Å²) >= 11 is 0. The Balaban J connectivity index is 1.84. The highest BCUT2D eigenvalue weighted by Gasteiger charge is 2.16. The van der Waals surface area contributed by atoms with Crippen molar-refractivity contribution in [3.63, 3.8) is 0 Å². The van der Waals surface area contributed by atoms with Crippen LogP contribution in [0.2, 0.25) is 0 Å². The van der Waals surface area contributed by atoms with Crippen molar-refractivity contribution in [2.24, 2.45) is 0 Å². The van der Waals surface area contributed by atoms with Crippen molar-refractivity contribution in [1.29, 1.82) is 0 Å². The van der Waals surface area contributed by atoms with E-state index in [-0.39, 0.29) is 11.3 Å². The van der Waals surface area contributed by atoms with E-state index in [0.717, 1.165) is 0 Å². The van der Waals surface area contributed by atoms with E-state index in [1.165, 1.54) is 5.56 Å². The maximum Gasteiger partial charge on any atom is 0.260 e. The van der Waals surface area contributed by atoms with Gasteiger partial charge in [-0.2, -0.15) is 4.98 Å². The van der Waals surface area contributed by atoms with E-state index < -0.39 is 0 Å². The number of carbonyl (C=O) groups excluding carboxylic acids is 1. The minimum absolute atomic E-state index is 0.0521. The minimum Gasteiger partial charge on any atom is -0.334 e. The zero-order valence-electron chi connectivity index (χ0n) is 15.5. The first-order valence-electron chi connectivity index (χ1n) is 8.72. The predicted molar refractivity (Wildman–Crippen MR) is 102 cm³/mol. The fourth-order valence-electron chi connectivity index (χ4n) is 2.60. The molecule has 3 rings (SSSR count). The fourth-order valence-corrected chi connectivity index (χ4v) is 2.60. The van der Waals surface area contributed by atoms with Crippen LogP contribution < -0.4 is 5.32 Å². The Kier molecular flexibility index (Phi) is 4.89. The average Bonchev–Trinajstić information content (AvgIpc) is 3.10. The first-order valence-corrected chi connectivity index (χ1v) is 8.72. The molecular formula is C21H23N3O2. The molecule has 1 N–H and O–H groups in total. The van der Waals surface area contributed by atoms with E-state index in [2.05, 4.69) is 36.2 Å². The summed E-state index contributed by atoms with van der Waals surface area (Å²) < 4.78 is 5.31. The number of nitrogens with zero attached hydrogens (tertiary/aromatic N) is 2. The minimum atomic E-state index is -0.173. The first kappa shape index (κ1) is 17.9. The number of carbonyl (C=O) groups is 1. The van der Waals surface area contributed by atoms with Crippen molar-refractivity contribution in [1.82, 2.24) is 10.1 Å². The molecule has 1 amide bonds. The molecule has 0 radical (unpaired) electrons. The molecule has 0 atom stereocenters. The van der Waals surface area contributed by atoms with Crippen LogP contribution in [-0.4, -0.2) is 16.0 Å². The molecule has 3 aromatic rings. The first-order chi connectivity index (χ1) is 12.4. The molecule has 0 bridgehead atoms. The number of anilines is 1. The Morgan fingerprint density at radius 1 is 1.08 bits per heavy atom. The van der Waals surface area contributed by atoms with Crippen LogP contribution in [0.15, 0.2) is 53.1 Å². The van der Waals surface area contributed by atoms with Gasteiger partial charge in [0.2, 0.25) is 0 Å². The Bertz CT molecular complexity index is 906. The lowest BCUT2D eigenvalue weighted by Crippen LogP contribution is -2.14. The molecule has 0 unspecified atom stereocenters. The number of hydrogen-bond acceptors (Lipinski definition) is 4. The van der Waals surface area contributed by atoms with Gasteiger partial charge in [-0.1, -0.05) is 57.1 Å². The standard InChI is InChI=1S/C21H23N3O2/c1-5-18-23-20(26-24-18)16-8-6-7-9-17(16)22-19(25)14-10-12-15(13-11-14)21(2,3)4/h6-13H,5H2,1-4H3,(H,22,25). The van der Waals surface area contributed by atoms with Crippen LogP contribution in [0.4, 0.5) is 5.69 Å². The molecule has 0 saturated carbocycles. The van der Waals surface area contributed by atoms with Gasteiger partial charge in [-0.25, -0.2) is 0 Å². The van der Waals surface area contributed by atoms with E-state index in [1.54, 1.807) is 0 Å². The third kappa shape index (κ3) is 3.82. The Hall–Kier alpha value is -2.95. The summed E-state index contributed by atoms with van der Waals surface area (Å²) in [4.78, 5) is 17.0. The quantitative estimate of drug-likeness (QED) is 0.731. The number of nitrogens with one attached hydrogen (secondary N) is 1. The number of amides is 1. The largest absolute Gasteiger partial charge is 0.334 e. The highest BCUT2D eigenvalue weighted by atomic mass is 16.5. The number of hydrogen-bond donors (Lipinski definition) is 1. The van der Waals surface area contributed by atoms with Gasteiger partial charge in [0.15, 0.2) is 5.82 Å². The summed E-state index contributed by atoms with van der Waals surface area (Å²) in [6.45, 7) is 8.40. The molecule has 26 heavy (non-hydrogen) atoms. The van der Waals surface area contributed by atoms with Gasteiger partial charge in [0.05, 0.1) is 11.3 Å². The lowest BCUT2D eigenvalue weighted by atomic mass is 9.87. The Morgan fingerprint density at radius 2 is 1.77 bits per heavy atom. The molecule has 5 heteroatoms. The van der Waals surface area contributed by atoms with Crippen LogP contribution in [0.5, 0.6) is 0 Å². The second-order valence-electron chi connectivity index (χ2n) is 7.20. The van der Waals surface area contributed by atoms with Crippen LogP contribution in [0.3, 0.4) is 0 Å². The molecule has 5 nitrogen and oxygen atoms in total. The number of benzene rings is 2. The Labute approximate surface area is 153 Å². The van der Waals surface area contributed by atoms with E-state index in [9.17, 15) is 4.79 Å². The van der Waals surface area contributed by atoms with Crippen LogP contribution in [0, 0.1) is 0 Å². The predicted octanol–water partition coefficient (Wildman–Crippen LogP) is 4.85. The van der Waals surface area contributed by atoms with Gasteiger partial charge in [-0.05, 0) is 35.2 Å². The molecule has 1 aromatic heterocycles. The number of para-hydroxylation sites is 1. The van der Waals surface area contributed by atoms with Crippen molar-refractivity contribution in [2.45, 2.75) is 39.5 Å². The van der Waals surface area contributed by atoms with Gasteiger partial charge < -0.3 is 9.84 Å². The molecule has 2 aromatic carbocycles. The van der Waals surface area contributed by atoms with Crippen LogP contribution in [0.1, 0.15) is 49.4 Å². The zero-order valence-corrected chi connectivity index (χ0v) is 15.5. The third-order valence-electron chi connectivity index (χ3n) is 4.20. The highest BCUT2D eigenvalue weighted by molar-refractivity contribution is 6.06. The van der Waals surface area contributed by atoms with E-state index in [1.807, 2.05) is 55.5 Å². The monoisotopic (exact) mass is 349 g/mol. The van der Waals surface area contributed by atoms with Crippen LogP contribution in [0.25, 0.3) is 11.5 Å². The maximum absolute atomic E-state index is 12.6. The third-order valence-corrected chi connectivity index (χ3v) is 4.20. The highest BCUT2D eigenvalue weighted by Crippen LogP contribution is 2.27. The summed E-state index contributed by atoms with van der Waals surface area (Å²) in [6.07, 6.45) is 0.693. The number of aromatic nitrogens is 2. The zero-order chi connectivity index (χ0) is 18.7. The smallest absolute Gasteiger partial charge is 0.260 e. The van der Waals surface area contributed by atoms with Crippen molar-refractivity contribution in [2.75, 3.05) is 5.32 Å². The summed E-state index contributed by atoms with van der Waals surface area (Å²) in [5.74, 6) is 0.868. The van der Waals surface area contributed by atoms with E-state index in [4.69, 9.17) is 4.52 Å². The van der Waals surface area contributed by atoms with Crippen LogP contribution in [-0.2, 0) is 11.8 Å². The molecule has 134 valence electrons. The normalized spacial score (nSPS) is 11.4. The molecule has 1 heterocycles. The second kappa shape index (κ2) is 7.12. The Morgan fingerprint density at radius 3 is 2.38 bits per heavy atom. The molecule has 0 fully saturated rings. The second-order valence-corrected chi connectivity index (χ2v) is 7.20. The molecule has 0 aliphatic carbocycles. The van der Waals surface area contributed by atoms with Crippen LogP contribution >= 0.6 is 0 Å². The molecular weight excluding hydrogens is 326 g/mol. The van der Waals surface area contributed by atoms with Gasteiger partial charge in [-0.3, -0.25) is 4.79 Å². The fraction of sp³-hybridized carbons (Fsp3) is 0.286. The summed E-state index contributed by atoms with van der Waals surface area (Å²) in [5.41, 5.74) is 3.19. The van der Waals surface area contributed by atoms with E-state index in [0.29, 0.717) is 35.0 Å². The molecule has 0 spiro atoms. The summed E-state index contributed by atoms with van der Waals surface area (Å²) in [6, 6.07) is 15.1. The van der Waals surface area contributed by atoms with Gasteiger partial charge in [0, 0.05) is 12.0 Å². The van der Waals surface area contributed by atoms with Crippen molar-refractivity contribution in [3.05, 3.63) is 65.5 Å². The van der Waals surface area contributed by atoms with Crippen molar-refractivity contribution < 1.29 is 9.32 Å². The summed E-state index contributed by atoms with van der Waals surface area (Å²) in [5, 5.41) is 6.87. The number of aryl methyl sites for hydroxylation is 1. The lowest BCUT2D eigenvalue weighted by molar-refractivity contribution is 0.102. The molecule has 0 aliphatic heterocycles. The van der Waals surface area contributed by atoms with E-state index >= 15 is 0 Å². The van der Waals surface area contributed by atoms with Gasteiger partial charge in [-0.15, -0.1) is 0 Å². The average molecular weight is 349 g/mol. The topological polar surface area (TPSA) is 68.0 Å². The van der Waals surface area contributed by atoms with Gasteiger partial charge in [0.1, 0.15) is 0 Å². The molecule has 0 saturated heterocycles. The maximum atomic E-state index is 12.6. The van der Waals surface area contributed by atoms with Gasteiger partial charge in [0.25, 0.3) is 11.8 Å². The lowest BCUT2D eigenvalue weighted by Gasteiger charge is -2.19. The molecule has 0 aliphatic rings.